The fourth-order valence-electron chi connectivity index (χ4n) is 3.70. The van der Waals surface area contributed by atoms with E-state index in [2.05, 4.69) is 0 Å². The quantitative estimate of drug-likeness (QED) is 0.824. The van der Waals surface area contributed by atoms with Gasteiger partial charge in [0, 0.05) is 24.8 Å². The van der Waals surface area contributed by atoms with E-state index in [1.54, 1.807) is 6.92 Å². The Morgan fingerprint density at radius 1 is 1.31 bits per heavy atom. The second-order valence-electron chi connectivity index (χ2n) is 6.80. The third-order valence-corrected chi connectivity index (χ3v) is 4.90. The molecule has 2 aliphatic rings. The van der Waals surface area contributed by atoms with Gasteiger partial charge < -0.3 is 19.3 Å². The molecule has 0 aromatic heterocycles. The molecule has 1 aromatic carbocycles. The van der Waals surface area contributed by atoms with Crippen LogP contribution < -0.4 is 4.74 Å². The van der Waals surface area contributed by atoms with Crippen LogP contribution in [0.15, 0.2) is 18.2 Å². The lowest BCUT2D eigenvalue weighted by atomic mass is 9.74. The molecule has 8 heteroatoms. The third kappa shape index (κ3) is 3.66. The molecule has 1 spiro atoms. The number of aliphatic hydroxyl groups is 1. The highest BCUT2D eigenvalue weighted by Crippen LogP contribution is 2.50. The van der Waals surface area contributed by atoms with E-state index >= 15 is 0 Å². The SMILES string of the molecule is CCOC(=O)CC1(O)CC2(CCOCC2)Oc2cc(C(F)(F)F)ccc21. The molecule has 0 saturated carbocycles. The van der Waals surface area contributed by atoms with E-state index in [-0.39, 0.29) is 30.8 Å². The van der Waals surface area contributed by atoms with Crippen molar-refractivity contribution in [2.45, 2.75) is 50.0 Å². The predicted molar refractivity (Wildman–Crippen MR) is 84.6 cm³/mol. The number of esters is 1. The summed E-state index contributed by atoms with van der Waals surface area (Å²) in [5.41, 5.74) is -3.20. The topological polar surface area (TPSA) is 65.0 Å². The Balaban J connectivity index is 2.03. The average molecular weight is 374 g/mol. The van der Waals surface area contributed by atoms with Crippen molar-refractivity contribution in [2.75, 3.05) is 19.8 Å². The molecule has 0 amide bonds. The molecule has 1 aromatic rings. The van der Waals surface area contributed by atoms with E-state index in [1.807, 2.05) is 0 Å². The van der Waals surface area contributed by atoms with Gasteiger partial charge in [-0.2, -0.15) is 13.2 Å². The molecule has 0 radical (unpaired) electrons. The molecule has 144 valence electrons. The molecule has 0 bridgehead atoms. The summed E-state index contributed by atoms with van der Waals surface area (Å²) in [6.45, 7) is 2.56. The number of halogens is 3. The maximum absolute atomic E-state index is 13.1. The summed E-state index contributed by atoms with van der Waals surface area (Å²) in [5.74, 6) is -0.648. The standard InChI is InChI=1S/C18H21F3O5/c1-2-25-15(22)10-17(23)11-16(5-7-24-8-6-16)26-14-9-12(18(19,20)21)3-4-13(14)17/h3-4,9,23H,2,5-8,10-11H2,1H3. The molecule has 1 saturated heterocycles. The fourth-order valence-corrected chi connectivity index (χ4v) is 3.70. The first kappa shape index (κ1) is 19.0. The van der Waals surface area contributed by atoms with Crippen molar-refractivity contribution in [1.29, 1.82) is 0 Å². The molecule has 26 heavy (non-hydrogen) atoms. The Morgan fingerprint density at radius 2 is 2.00 bits per heavy atom. The highest BCUT2D eigenvalue weighted by atomic mass is 19.4. The minimum absolute atomic E-state index is 0.0419. The number of carbonyl (C=O) groups is 1. The van der Waals surface area contributed by atoms with Gasteiger partial charge >= 0.3 is 12.1 Å². The van der Waals surface area contributed by atoms with Crippen molar-refractivity contribution < 1.29 is 37.3 Å². The van der Waals surface area contributed by atoms with Gasteiger partial charge in [-0.15, -0.1) is 0 Å². The average Bonchev–Trinajstić information content (AvgIpc) is 2.54. The molecule has 1 N–H and O–H groups in total. The van der Waals surface area contributed by atoms with Crippen LogP contribution in [-0.2, 0) is 26.0 Å². The molecule has 1 unspecified atom stereocenters. The van der Waals surface area contributed by atoms with Crippen molar-refractivity contribution in [3.63, 3.8) is 0 Å². The number of rotatable bonds is 3. The van der Waals surface area contributed by atoms with Crippen molar-refractivity contribution in [3.8, 4) is 5.75 Å². The lowest BCUT2D eigenvalue weighted by Crippen LogP contribution is -2.52. The highest BCUT2D eigenvalue weighted by molar-refractivity contribution is 5.71. The van der Waals surface area contributed by atoms with Crippen LogP contribution in [0.2, 0.25) is 0 Å². The van der Waals surface area contributed by atoms with E-state index in [9.17, 15) is 23.1 Å². The lowest BCUT2D eigenvalue weighted by molar-refractivity contribution is -0.159. The number of benzene rings is 1. The minimum Gasteiger partial charge on any atom is -0.487 e. The molecule has 5 nitrogen and oxygen atoms in total. The highest BCUT2D eigenvalue weighted by Gasteiger charge is 2.51. The monoisotopic (exact) mass is 374 g/mol. The third-order valence-electron chi connectivity index (χ3n) is 4.90. The molecule has 1 atom stereocenters. The first-order valence-corrected chi connectivity index (χ1v) is 8.54. The maximum atomic E-state index is 13.1. The molecule has 0 aliphatic carbocycles. The van der Waals surface area contributed by atoms with Gasteiger partial charge in [-0.3, -0.25) is 4.79 Å². The zero-order valence-electron chi connectivity index (χ0n) is 14.4. The van der Waals surface area contributed by atoms with Gasteiger partial charge in [-0.1, -0.05) is 6.07 Å². The summed E-state index contributed by atoms with van der Waals surface area (Å²) in [6.07, 6.45) is -3.93. The first-order chi connectivity index (χ1) is 12.2. The van der Waals surface area contributed by atoms with Crippen molar-refractivity contribution in [3.05, 3.63) is 29.3 Å². The van der Waals surface area contributed by atoms with E-state index in [0.717, 1.165) is 12.1 Å². The van der Waals surface area contributed by atoms with Gasteiger partial charge in [0.25, 0.3) is 0 Å². The van der Waals surface area contributed by atoms with Gasteiger partial charge in [-0.05, 0) is 19.1 Å². The Kier molecular flexibility index (Phi) is 4.92. The summed E-state index contributed by atoms with van der Waals surface area (Å²) < 4.78 is 55.4. The van der Waals surface area contributed by atoms with Crippen LogP contribution in [0.1, 0.15) is 43.7 Å². The zero-order chi connectivity index (χ0) is 19.0. The Bertz CT molecular complexity index is 682. The van der Waals surface area contributed by atoms with Crippen LogP contribution in [0, 0.1) is 0 Å². The Hall–Kier alpha value is -1.80. The largest absolute Gasteiger partial charge is 0.487 e. The number of hydrogen-bond donors (Lipinski definition) is 1. The van der Waals surface area contributed by atoms with Gasteiger partial charge in [-0.25, -0.2) is 0 Å². The summed E-state index contributed by atoms with van der Waals surface area (Å²) in [6, 6.07) is 2.96. The molecule has 1 fully saturated rings. The molecule has 2 heterocycles. The number of alkyl halides is 3. The molecular weight excluding hydrogens is 353 g/mol. The number of fused-ring (bicyclic) bond motifs is 1. The first-order valence-electron chi connectivity index (χ1n) is 8.54. The van der Waals surface area contributed by atoms with Gasteiger partial charge in [0.05, 0.1) is 31.8 Å². The van der Waals surface area contributed by atoms with Crippen LogP contribution in [0.4, 0.5) is 13.2 Å². The second-order valence-corrected chi connectivity index (χ2v) is 6.80. The second kappa shape index (κ2) is 6.74. The minimum atomic E-state index is -4.53. The molecular formula is C18H21F3O5. The number of hydrogen-bond acceptors (Lipinski definition) is 5. The molecule has 2 aliphatic heterocycles. The van der Waals surface area contributed by atoms with E-state index < -0.39 is 28.9 Å². The van der Waals surface area contributed by atoms with Gasteiger partial charge in [0.15, 0.2) is 0 Å². The van der Waals surface area contributed by atoms with Crippen LogP contribution >= 0.6 is 0 Å². The fraction of sp³-hybridized carbons (Fsp3) is 0.611. The van der Waals surface area contributed by atoms with Gasteiger partial charge in [0.1, 0.15) is 17.0 Å². The van der Waals surface area contributed by atoms with Crippen LogP contribution in [0.5, 0.6) is 5.75 Å². The van der Waals surface area contributed by atoms with Crippen molar-refractivity contribution in [1.82, 2.24) is 0 Å². The van der Waals surface area contributed by atoms with Crippen LogP contribution in [0.25, 0.3) is 0 Å². The summed E-state index contributed by atoms with van der Waals surface area (Å²) in [5, 5.41) is 11.2. The molecule has 3 rings (SSSR count). The number of ether oxygens (including phenoxy) is 3. The Labute approximate surface area is 149 Å². The maximum Gasteiger partial charge on any atom is 0.416 e. The van der Waals surface area contributed by atoms with E-state index in [4.69, 9.17) is 14.2 Å². The van der Waals surface area contributed by atoms with Crippen LogP contribution in [-0.4, -0.2) is 36.5 Å². The van der Waals surface area contributed by atoms with Gasteiger partial charge in [0.2, 0.25) is 0 Å². The zero-order valence-corrected chi connectivity index (χ0v) is 14.4. The van der Waals surface area contributed by atoms with Crippen molar-refractivity contribution >= 4 is 5.97 Å². The predicted octanol–water partition coefficient (Wildman–Crippen LogP) is 3.18. The summed E-state index contributed by atoms with van der Waals surface area (Å²) in [7, 11) is 0. The normalized spacial score (nSPS) is 24.7. The smallest absolute Gasteiger partial charge is 0.416 e. The summed E-state index contributed by atoms with van der Waals surface area (Å²) in [4.78, 5) is 12.0. The van der Waals surface area contributed by atoms with E-state index in [1.165, 1.54) is 6.07 Å². The summed E-state index contributed by atoms with van der Waals surface area (Å²) >= 11 is 0. The Morgan fingerprint density at radius 3 is 2.62 bits per heavy atom. The van der Waals surface area contributed by atoms with Crippen LogP contribution in [0.3, 0.4) is 0 Å². The lowest BCUT2D eigenvalue weighted by Gasteiger charge is -2.47. The van der Waals surface area contributed by atoms with E-state index in [0.29, 0.717) is 26.1 Å². The number of carbonyl (C=O) groups excluding carboxylic acids is 1. The van der Waals surface area contributed by atoms with Crippen molar-refractivity contribution in [2.24, 2.45) is 0 Å².